The number of rotatable bonds is 2. The Morgan fingerprint density at radius 2 is 2.03 bits per heavy atom. The van der Waals surface area contributed by atoms with Crippen LogP contribution >= 0.6 is 15.9 Å². The number of nitrogens with zero attached hydrogens (tertiary/aromatic N) is 5. The molecule has 4 aromatic heterocycles. The van der Waals surface area contributed by atoms with Crippen LogP contribution in [-0.2, 0) is 4.74 Å². The number of halogens is 1. The largest absolute Gasteiger partial charge is 0.390 e. The molecule has 5 heterocycles. The van der Waals surface area contributed by atoms with Gasteiger partial charge in [-0.1, -0.05) is 0 Å². The van der Waals surface area contributed by atoms with Crippen molar-refractivity contribution in [3.05, 3.63) is 59.0 Å². The van der Waals surface area contributed by atoms with Gasteiger partial charge >= 0.3 is 0 Å². The van der Waals surface area contributed by atoms with Crippen LogP contribution in [0.25, 0.3) is 16.7 Å². The summed E-state index contributed by atoms with van der Waals surface area (Å²) in [5.41, 5.74) is 3.05. The van der Waals surface area contributed by atoms with Crippen LogP contribution in [0.3, 0.4) is 0 Å². The molecule has 2 N–H and O–H groups in total. The van der Waals surface area contributed by atoms with E-state index in [0.29, 0.717) is 19.4 Å². The van der Waals surface area contributed by atoms with Gasteiger partial charge in [-0.15, -0.1) is 0 Å². The first kappa shape index (κ1) is 19.4. The lowest BCUT2D eigenvalue weighted by Crippen LogP contribution is -2.37. The van der Waals surface area contributed by atoms with Crippen LogP contribution < -0.4 is 0 Å². The van der Waals surface area contributed by atoms with Gasteiger partial charge in [0.1, 0.15) is 28.3 Å². The van der Waals surface area contributed by atoms with Crippen molar-refractivity contribution in [1.29, 1.82) is 0 Å². The molecule has 5 atom stereocenters. The van der Waals surface area contributed by atoms with Gasteiger partial charge in [0, 0.05) is 23.2 Å². The summed E-state index contributed by atoms with van der Waals surface area (Å²) in [5.74, 6) is 0. The van der Waals surface area contributed by atoms with Crippen LogP contribution in [0.15, 0.2) is 47.7 Å². The second-order valence-corrected chi connectivity index (χ2v) is 9.57. The zero-order chi connectivity index (χ0) is 21.3. The molecule has 2 fully saturated rings. The van der Waals surface area contributed by atoms with Crippen molar-refractivity contribution >= 4 is 32.6 Å². The van der Waals surface area contributed by atoms with E-state index >= 15 is 0 Å². The number of aryl methyl sites for hydroxylation is 1. The van der Waals surface area contributed by atoms with Gasteiger partial charge in [0.25, 0.3) is 0 Å². The highest BCUT2D eigenvalue weighted by Crippen LogP contribution is 2.54. The number of aliphatic hydroxyl groups excluding tert-OH is 2. The highest BCUT2D eigenvalue weighted by atomic mass is 79.9. The molecule has 2 aliphatic rings. The first-order valence-electron chi connectivity index (χ1n) is 10.4. The smallest absolute Gasteiger partial charge is 0.143 e. The Hall–Kier alpha value is -2.33. The summed E-state index contributed by atoms with van der Waals surface area (Å²) < 4.78 is 11.0. The molecular weight excluding hydrogens is 462 g/mol. The van der Waals surface area contributed by atoms with Crippen molar-refractivity contribution < 1.29 is 14.9 Å². The zero-order valence-corrected chi connectivity index (χ0v) is 18.5. The van der Waals surface area contributed by atoms with Gasteiger partial charge in [-0.3, -0.25) is 4.40 Å². The van der Waals surface area contributed by atoms with Crippen LogP contribution in [0.4, 0.5) is 0 Å². The number of aromatic nitrogens is 5. The third-order valence-corrected chi connectivity index (χ3v) is 7.64. The third kappa shape index (κ3) is 2.80. The monoisotopic (exact) mass is 483 g/mol. The van der Waals surface area contributed by atoms with Crippen molar-refractivity contribution in [2.45, 2.75) is 44.1 Å². The van der Waals surface area contributed by atoms with E-state index in [4.69, 9.17) is 4.74 Å². The Bertz CT molecular complexity index is 1300. The highest BCUT2D eigenvalue weighted by Gasteiger charge is 2.57. The van der Waals surface area contributed by atoms with Gasteiger partial charge in [0.05, 0.1) is 36.7 Å². The molecule has 0 amide bonds. The van der Waals surface area contributed by atoms with Gasteiger partial charge in [0.2, 0.25) is 0 Å². The van der Waals surface area contributed by atoms with E-state index < -0.39 is 17.6 Å². The van der Waals surface area contributed by atoms with Gasteiger partial charge < -0.3 is 19.5 Å². The SMILES string of the molecule is Cc1ncnc2c1ccn2C1CC2(COC(c3ccn4c(Br)cnc4c3)C2)C(O)C1O. The minimum Gasteiger partial charge on any atom is -0.390 e. The standard InChI is InChI=1S/C22H22BrN5O3/c1-12-14-3-5-27(21(14)26-11-25-12)15-7-22(20(30)19(15)29)8-16(31-10-22)13-2-4-28-17(23)9-24-18(28)6-13/h2-6,9,11,15-16,19-20,29-30H,7-8,10H2,1H3. The average molecular weight is 484 g/mol. The third-order valence-electron chi connectivity index (χ3n) is 7.05. The molecule has 1 aliphatic heterocycles. The molecular formula is C22H22BrN5O3. The van der Waals surface area contributed by atoms with Crippen molar-refractivity contribution in [1.82, 2.24) is 23.9 Å². The molecule has 1 aliphatic carbocycles. The van der Waals surface area contributed by atoms with Crippen molar-refractivity contribution in [2.75, 3.05) is 6.61 Å². The summed E-state index contributed by atoms with van der Waals surface area (Å²) >= 11 is 3.48. The quantitative estimate of drug-likeness (QED) is 0.454. The van der Waals surface area contributed by atoms with Crippen molar-refractivity contribution in [2.24, 2.45) is 5.41 Å². The van der Waals surface area contributed by atoms with E-state index in [9.17, 15) is 10.2 Å². The first-order chi connectivity index (χ1) is 15.0. The fourth-order valence-electron chi connectivity index (χ4n) is 5.34. The Kier molecular flexibility index (Phi) is 4.27. The van der Waals surface area contributed by atoms with Crippen molar-refractivity contribution in [3.63, 3.8) is 0 Å². The Morgan fingerprint density at radius 3 is 2.90 bits per heavy atom. The van der Waals surface area contributed by atoms with Crippen LogP contribution in [0.2, 0.25) is 0 Å². The summed E-state index contributed by atoms with van der Waals surface area (Å²) in [6.45, 7) is 2.35. The molecule has 0 radical (unpaired) electrons. The Morgan fingerprint density at radius 1 is 1.16 bits per heavy atom. The second-order valence-electron chi connectivity index (χ2n) is 8.76. The first-order valence-corrected chi connectivity index (χ1v) is 11.1. The molecule has 1 spiro atoms. The summed E-state index contributed by atoms with van der Waals surface area (Å²) in [6, 6.07) is 5.75. The van der Waals surface area contributed by atoms with Gasteiger partial charge in [-0.25, -0.2) is 15.0 Å². The molecule has 8 nitrogen and oxygen atoms in total. The summed E-state index contributed by atoms with van der Waals surface area (Å²) in [5, 5.41) is 23.0. The second kappa shape index (κ2) is 6.83. The summed E-state index contributed by atoms with van der Waals surface area (Å²) in [4.78, 5) is 13.1. The maximum atomic E-state index is 11.1. The fraction of sp³-hybridized carbons (Fsp3) is 0.409. The van der Waals surface area contributed by atoms with Crippen LogP contribution in [-0.4, -0.2) is 52.9 Å². The number of hydrogen-bond donors (Lipinski definition) is 2. The molecule has 9 heteroatoms. The Balaban J connectivity index is 1.31. The molecule has 1 saturated heterocycles. The predicted molar refractivity (Wildman–Crippen MR) is 117 cm³/mol. The fourth-order valence-corrected chi connectivity index (χ4v) is 5.74. The highest BCUT2D eigenvalue weighted by molar-refractivity contribution is 9.10. The maximum absolute atomic E-state index is 11.1. The van der Waals surface area contributed by atoms with Crippen LogP contribution in [0.5, 0.6) is 0 Å². The Labute approximate surface area is 186 Å². The normalized spacial score (nSPS) is 30.8. The number of fused-ring (bicyclic) bond motifs is 2. The molecule has 160 valence electrons. The number of pyridine rings is 1. The lowest BCUT2D eigenvalue weighted by atomic mass is 9.80. The van der Waals surface area contributed by atoms with E-state index in [2.05, 4.69) is 30.9 Å². The molecule has 0 bridgehead atoms. The van der Waals surface area contributed by atoms with E-state index in [0.717, 1.165) is 32.5 Å². The number of imidazole rings is 1. The lowest BCUT2D eigenvalue weighted by molar-refractivity contribution is -0.0309. The van der Waals surface area contributed by atoms with Gasteiger partial charge in [-0.05, 0) is 59.5 Å². The van der Waals surface area contributed by atoms with Gasteiger partial charge in [-0.2, -0.15) is 0 Å². The van der Waals surface area contributed by atoms with E-state index in [-0.39, 0.29) is 12.1 Å². The van der Waals surface area contributed by atoms with E-state index in [1.54, 1.807) is 12.5 Å². The van der Waals surface area contributed by atoms with E-state index in [1.165, 1.54) is 0 Å². The molecule has 1 saturated carbocycles. The molecule has 6 rings (SSSR count). The maximum Gasteiger partial charge on any atom is 0.143 e. The molecule has 31 heavy (non-hydrogen) atoms. The summed E-state index contributed by atoms with van der Waals surface area (Å²) in [7, 11) is 0. The van der Waals surface area contributed by atoms with Gasteiger partial charge in [0.15, 0.2) is 0 Å². The van der Waals surface area contributed by atoms with Crippen LogP contribution in [0.1, 0.15) is 36.2 Å². The summed E-state index contributed by atoms with van der Waals surface area (Å²) in [6.07, 6.45) is 6.57. The minimum absolute atomic E-state index is 0.146. The van der Waals surface area contributed by atoms with Crippen molar-refractivity contribution in [3.8, 4) is 0 Å². The minimum atomic E-state index is -0.890. The predicted octanol–water partition coefficient (Wildman–Crippen LogP) is 2.96. The van der Waals surface area contributed by atoms with Crippen LogP contribution in [0, 0.1) is 12.3 Å². The number of aliphatic hydroxyl groups is 2. The van der Waals surface area contributed by atoms with E-state index in [1.807, 2.05) is 46.5 Å². The molecule has 0 aromatic carbocycles. The lowest BCUT2D eigenvalue weighted by Gasteiger charge is -2.26. The zero-order valence-electron chi connectivity index (χ0n) is 16.9. The topological polar surface area (TPSA) is 97.7 Å². The molecule has 4 aromatic rings. The average Bonchev–Trinajstić information content (AvgIpc) is 3.53. The molecule has 5 unspecified atom stereocenters. The number of ether oxygens (including phenoxy) is 1. The number of hydrogen-bond acceptors (Lipinski definition) is 6.